The molecule has 0 fully saturated rings. The van der Waals surface area contributed by atoms with Crippen LogP contribution in [0.1, 0.15) is 0 Å². The Morgan fingerprint density at radius 1 is 1.89 bits per heavy atom. The van der Waals surface area contributed by atoms with Crippen LogP contribution in [0.2, 0.25) is 0 Å². The zero-order valence-electron chi connectivity index (χ0n) is 4.37. The van der Waals surface area contributed by atoms with Crippen LogP contribution >= 0.6 is 0 Å². The molecule has 50 valence electrons. The molecule has 9 heavy (non-hydrogen) atoms. The average molecular weight is 147 g/mol. The fourth-order valence-electron chi connectivity index (χ4n) is 0.423. The second-order valence-electron chi connectivity index (χ2n) is 1.40. The van der Waals surface area contributed by atoms with Crippen molar-refractivity contribution >= 4 is 16.8 Å². The van der Waals surface area contributed by atoms with Crippen LogP contribution in [0, 0.1) is 0 Å². The van der Waals surface area contributed by atoms with Crippen molar-refractivity contribution < 1.29 is 8.76 Å². The summed E-state index contributed by atoms with van der Waals surface area (Å²) < 4.78 is 18.7. The highest BCUT2D eigenvalue weighted by molar-refractivity contribution is 7.79. The zero-order chi connectivity index (χ0) is 6.85. The van der Waals surface area contributed by atoms with E-state index in [1.165, 1.54) is 6.20 Å². The number of aromatic amines is 1. The number of nitrogen functional groups attached to an aromatic ring is 1. The van der Waals surface area contributed by atoms with Crippen LogP contribution in [0.3, 0.4) is 0 Å². The first-order valence-corrected chi connectivity index (χ1v) is 3.22. The van der Waals surface area contributed by atoms with Gasteiger partial charge in [-0.3, -0.25) is 5.10 Å². The Morgan fingerprint density at radius 2 is 2.56 bits per heavy atom. The number of H-pyrrole nitrogens is 1. The molecular weight excluding hydrogens is 142 g/mol. The fraction of sp³-hybridized carbons (Fsp3) is 0. The second-order valence-corrected chi connectivity index (χ2v) is 2.31. The fourth-order valence-corrected chi connectivity index (χ4v) is 0.809. The number of nitrogens with zero attached hydrogens (tertiary/aromatic N) is 1. The molecule has 1 aromatic heterocycles. The molecule has 1 atom stereocenters. The van der Waals surface area contributed by atoms with Crippen LogP contribution in [-0.2, 0) is 11.1 Å². The highest BCUT2D eigenvalue weighted by atomic mass is 32.2. The average Bonchev–Trinajstić information content (AvgIpc) is 2.13. The van der Waals surface area contributed by atoms with E-state index in [1.54, 1.807) is 0 Å². The van der Waals surface area contributed by atoms with Gasteiger partial charge in [0.15, 0.2) is 5.03 Å². The van der Waals surface area contributed by atoms with E-state index in [0.29, 0.717) is 0 Å². The standard InChI is InChI=1S/C3H5N3O2S/c4-2-1-5-6-3(2)9(7)8/h1H,4H2,(H,5,6)(H,7,8). The van der Waals surface area contributed by atoms with Crippen molar-refractivity contribution in [2.24, 2.45) is 0 Å². The van der Waals surface area contributed by atoms with E-state index in [-0.39, 0.29) is 10.7 Å². The van der Waals surface area contributed by atoms with E-state index in [0.717, 1.165) is 0 Å². The van der Waals surface area contributed by atoms with Gasteiger partial charge in [-0.15, -0.1) is 0 Å². The molecule has 6 heteroatoms. The van der Waals surface area contributed by atoms with Gasteiger partial charge in [-0.2, -0.15) is 5.10 Å². The lowest BCUT2D eigenvalue weighted by molar-refractivity contribution is 0.560. The third-order valence-corrected chi connectivity index (χ3v) is 1.48. The van der Waals surface area contributed by atoms with Gasteiger partial charge >= 0.3 is 0 Å². The molecule has 1 unspecified atom stereocenters. The zero-order valence-corrected chi connectivity index (χ0v) is 5.18. The molecular formula is C3H5N3O2S. The first-order valence-electron chi connectivity index (χ1n) is 2.11. The molecule has 1 aromatic rings. The lowest BCUT2D eigenvalue weighted by Gasteiger charge is -1.86. The minimum absolute atomic E-state index is 0.0509. The van der Waals surface area contributed by atoms with Gasteiger partial charge < -0.3 is 10.3 Å². The Balaban J connectivity index is 3.08. The molecule has 0 aliphatic rings. The first kappa shape index (κ1) is 6.24. The summed E-state index contributed by atoms with van der Waals surface area (Å²) in [5.74, 6) is 0. The maximum Gasteiger partial charge on any atom is 0.207 e. The summed E-state index contributed by atoms with van der Waals surface area (Å²) in [6, 6.07) is 0. The topological polar surface area (TPSA) is 92.0 Å². The van der Waals surface area contributed by atoms with Crippen molar-refractivity contribution in [3.63, 3.8) is 0 Å². The quantitative estimate of drug-likeness (QED) is 0.470. The largest absolute Gasteiger partial charge is 0.395 e. The van der Waals surface area contributed by atoms with Crippen LogP contribution in [-0.4, -0.2) is 19.0 Å². The van der Waals surface area contributed by atoms with Crippen LogP contribution in [0.15, 0.2) is 11.2 Å². The number of nitrogens with one attached hydrogen (secondary N) is 1. The number of nitrogens with two attached hydrogens (primary N) is 1. The molecule has 5 nitrogen and oxygen atoms in total. The normalized spacial score (nSPS) is 13.4. The summed E-state index contributed by atoms with van der Waals surface area (Å²) in [7, 11) is 0. The Kier molecular flexibility index (Phi) is 1.50. The van der Waals surface area contributed by atoms with E-state index in [4.69, 9.17) is 10.3 Å². The smallest absolute Gasteiger partial charge is 0.207 e. The molecule has 0 saturated carbocycles. The third-order valence-electron chi connectivity index (χ3n) is 0.807. The maximum atomic E-state index is 10.2. The van der Waals surface area contributed by atoms with Crippen molar-refractivity contribution in [2.45, 2.75) is 5.03 Å². The van der Waals surface area contributed by atoms with E-state index in [9.17, 15) is 4.21 Å². The van der Waals surface area contributed by atoms with Gasteiger partial charge in [0.1, 0.15) is 0 Å². The summed E-state index contributed by atoms with van der Waals surface area (Å²) in [6.07, 6.45) is 1.28. The van der Waals surface area contributed by atoms with Crippen LogP contribution in [0.5, 0.6) is 0 Å². The van der Waals surface area contributed by atoms with Crippen LogP contribution in [0.4, 0.5) is 5.69 Å². The summed E-state index contributed by atoms with van der Waals surface area (Å²) in [5.41, 5.74) is 5.40. The summed E-state index contributed by atoms with van der Waals surface area (Å²) in [4.78, 5) is 0. The lowest BCUT2D eigenvalue weighted by atomic mass is 10.6. The number of anilines is 1. The number of rotatable bonds is 1. The summed E-state index contributed by atoms with van der Waals surface area (Å²) in [5, 5.41) is 5.77. The Morgan fingerprint density at radius 3 is 2.78 bits per heavy atom. The van der Waals surface area contributed by atoms with Crippen LogP contribution in [0.25, 0.3) is 0 Å². The lowest BCUT2D eigenvalue weighted by Crippen LogP contribution is -1.93. The minimum Gasteiger partial charge on any atom is -0.395 e. The van der Waals surface area contributed by atoms with E-state index >= 15 is 0 Å². The molecule has 0 radical (unpaired) electrons. The number of hydrogen-bond donors (Lipinski definition) is 3. The summed E-state index contributed by atoms with van der Waals surface area (Å²) in [6.45, 7) is 0. The van der Waals surface area contributed by atoms with Gasteiger partial charge in [0, 0.05) is 0 Å². The van der Waals surface area contributed by atoms with Gasteiger partial charge in [-0.05, 0) is 0 Å². The molecule has 0 aromatic carbocycles. The van der Waals surface area contributed by atoms with Crippen molar-refractivity contribution in [3.8, 4) is 0 Å². The van der Waals surface area contributed by atoms with Gasteiger partial charge in [-0.1, -0.05) is 0 Å². The minimum atomic E-state index is -2.05. The number of aromatic nitrogens is 2. The first-order chi connectivity index (χ1) is 4.22. The molecule has 0 bridgehead atoms. The molecule has 1 rings (SSSR count). The molecule has 0 aliphatic carbocycles. The Bertz CT molecular complexity index is 233. The van der Waals surface area contributed by atoms with E-state index in [2.05, 4.69) is 10.2 Å². The predicted molar refractivity (Wildman–Crippen MR) is 32.0 cm³/mol. The Labute approximate surface area is 53.5 Å². The Hall–Kier alpha value is -0.880. The summed E-state index contributed by atoms with van der Waals surface area (Å²) >= 11 is -2.05. The molecule has 0 spiro atoms. The molecule has 0 amide bonds. The van der Waals surface area contributed by atoms with Crippen molar-refractivity contribution in [1.29, 1.82) is 0 Å². The van der Waals surface area contributed by atoms with E-state index < -0.39 is 11.1 Å². The highest BCUT2D eigenvalue weighted by Crippen LogP contribution is 2.08. The molecule has 0 aliphatic heterocycles. The van der Waals surface area contributed by atoms with Crippen molar-refractivity contribution in [3.05, 3.63) is 6.20 Å². The predicted octanol–water partition coefficient (Wildman–Crippen LogP) is -0.428. The molecule has 0 saturated heterocycles. The van der Waals surface area contributed by atoms with E-state index in [1.807, 2.05) is 0 Å². The van der Waals surface area contributed by atoms with Gasteiger partial charge in [-0.25, -0.2) is 4.21 Å². The SMILES string of the molecule is Nc1cn[nH]c1S(=O)O. The second kappa shape index (κ2) is 2.16. The van der Waals surface area contributed by atoms with Gasteiger partial charge in [0.05, 0.1) is 11.9 Å². The molecule has 4 N–H and O–H groups in total. The van der Waals surface area contributed by atoms with Gasteiger partial charge in [0.25, 0.3) is 0 Å². The third kappa shape index (κ3) is 1.08. The van der Waals surface area contributed by atoms with Crippen molar-refractivity contribution in [2.75, 3.05) is 5.73 Å². The van der Waals surface area contributed by atoms with Crippen LogP contribution < -0.4 is 5.73 Å². The number of hydrogen-bond acceptors (Lipinski definition) is 3. The highest BCUT2D eigenvalue weighted by Gasteiger charge is 2.04. The molecule has 1 heterocycles. The monoisotopic (exact) mass is 147 g/mol. The van der Waals surface area contributed by atoms with Gasteiger partial charge in [0.2, 0.25) is 11.1 Å². The maximum absolute atomic E-state index is 10.2. The van der Waals surface area contributed by atoms with Crippen molar-refractivity contribution in [1.82, 2.24) is 10.2 Å².